The van der Waals surface area contributed by atoms with Crippen molar-refractivity contribution >= 4 is 31.5 Å². The summed E-state index contributed by atoms with van der Waals surface area (Å²) in [5.41, 5.74) is 0.793. The highest BCUT2D eigenvalue weighted by Gasteiger charge is 2.20. The van der Waals surface area contributed by atoms with E-state index in [-0.39, 0.29) is 11.6 Å². The Bertz CT molecular complexity index is 813. The van der Waals surface area contributed by atoms with Gasteiger partial charge in [0.1, 0.15) is 11.6 Å². The average Bonchev–Trinajstić information content (AvgIpc) is 3.10. The van der Waals surface area contributed by atoms with Gasteiger partial charge in [-0.3, -0.25) is 0 Å². The van der Waals surface area contributed by atoms with E-state index in [2.05, 4.69) is 0 Å². The molecule has 3 heteroatoms. The van der Waals surface area contributed by atoms with Crippen LogP contribution in [0.5, 0.6) is 0 Å². The molecule has 1 aliphatic carbocycles. The lowest BCUT2D eigenvalue weighted by Crippen LogP contribution is -2.01. The Kier molecular flexibility index (Phi) is 3.18. The second-order valence-corrected chi connectivity index (χ2v) is 7.01. The topological polar surface area (TPSA) is 0 Å². The lowest BCUT2D eigenvalue weighted by Gasteiger charge is -2.10. The number of thiophene rings is 1. The summed E-state index contributed by atoms with van der Waals surface area (Å²) >= 11 is 1.24. The molecule has 0 spiro atoms. The van der Waals surface area contributed by atoms with Crippen LogP contribution in [0.4, 0.5) is 8.78 Å². The van der Waals surface area contributed by atoms with Crippen LogP contribution in [0.3, 0.4) is 0 Å². The summed E-state index contributed by atoms with van der Waals surface area (Å²) in [6.07, 6.45) is 5.76. The van der Waals surface area contributed by atoms with Gasteiger partial charge in [0.25, 0.3) is 0 Å². The van der Waals surface area contributed by atoms with Crippen molar-refractivity contribution in [2.75, 3.05) is 0 Å². The van der Waals surface area contributed by atoms with Crippen LogP contribution in [-0.4, -0.2) is 0 Å². The molecule has 0 amide bonds. The van der Waals surface area contributed by atoms with Gasteiger partial charge < -0.3 is 0 Å². The van der Waals surface area contributed by atoms with Crippen molar-refractivity contribution in [1.29, 1.82) is 0 Å². The summed E-state index contributed by atoms with van der Waals surface area (Å²) in [6.45, 7) is 0. The normalized spacial score (nSPS) is 16.3. The number of halogens is 2. The Balaban J connectivity index is 1.86. The van der Waals surface area contributed by atoms with Gasteiger partial charge in [-0.25, -0.2) is 8.78 Å². The summed E-state index contributed by atoms with van der Waals surface area (Å²) in [7, 11) is 0. The van der Waals surface area contributed by atoms with Gasteiger partial charge in [-0.1, -0.05) is 49.9 Å². The predicted molar refractivity (Wildman–Crippen MR) is 84.9 cm³/mol. The van der Waals surface area contributed by atoms with E-state index in [0.29, 0.717) is 15.3 Å². The summed E-state index contributed by atoms with van der Waals surface area (Å²) < 4.78 is 29.8. The van der Waals surface area contributed by atoms with Gasteiger partial charge in [-0.15, -0.1) is 11.3 Å². The first-order valence-corrected chi connectivity index (χ1v) is 8.34. The van der Waals surface area contributed by atoms with E-state index in [1.807, 2.05) is 18.2 Å². The average molecular weight is 302 g/mol. The number of fused-ring (bicyclic) bond motifs is 3. The second kappa shape index (κ2) is 5.06. The smallest absolute Gasteiger partial charge is 0.144 e. The minimum Gasteiger partial charge on any atom is -0.205 e. The molecule has 1 heterocycles. The zero-order chi connectivity index (χ0) is 14.4. The van der Waals surface area contributed by atoms with Gasteiger partial charge in [-0.2, -0.15) is 0 Å². The zero-order valence-corrected chi connectivity index (χ0v) is 12.5. The van der Waals surface area contributed by atoms with E-state index in [0.717, 1.165) is 22.8 Å². The van der Waals surface area contributed by atoms with Gasteiger partial charge in [0.15, 0.2) is 0 Å². The van der Waals surface area contributed by atoms with Gasteiger partial charge in [0.05, 0.1) is 9.40 Å². The molecule has 1 aromatic heterocycles. The van der Waals surface area contributed by atoms with Crippen LogP contribution in [0.1, 0.15) is 31.2 Å². The van der Waals surface area contributed by atoms with Crippen LogP contribution < -0.4 is 0 Å². The summed E-state index contributed by atoms with van der Waals surface area (Å²) in [6, 6.07) is 8.85. The van der Waals surface area contributed by atoms with Crippen molar-refractivity contribution in [2.24, 2.45) is 5.92 Å². The highest BCUT2D eigenvalue weighted by Crippen LogP contribution is 2.38. The van der Waals surface area contributed by atoms with Crippen LogP contribution in [0.2, 0.25) is 0 Å². The number of hydrogen-bond donors (Lipinski definition) is 0. The Hall–Kier alpha value is -1.48. The first kappa shape index (κ1) is 13.2. The van der Waals surface area contributed by atoms with Crippen molar-refractivity contribution in [1.82, 2.24) is 0 Å². The Morgan fingerprint density at radius 1 is 0.952 bits per heavy atom. The van der Waals surface area contributed by atoms with Gasteiger partial charge in [0.2, 0.25) is 0 Å². The molecule has 3 aromatic rings. The van der Waals surface area contributed by atoms with E-state index in [1.165, 1.54) is 43.1 Å². The van der Waals surface area contributed by atoms with Crippen molar-refractivity contribution < 1.29 is 8.78 Å². The molecule has 1 fully saturated rings. The maximum Gasteiger partial charge on any atom is 0.144 e. The first-order valence-electron chi connectivity index (χ1n) is 7.52. The molecule has 0 nitrogen and oxygen atoms in total. The standard InChI is InChI=1S/C18H16F2S/c19-15-7-3-6-13-14-9-8-12(10-11-4-1-2-5-11)16(20)18(14)21-17(13)15/h3,6-9,11H,1-2,4-5,10H2. The molecule has 0 unspecified atom stereocenters. The molecule has 2 aromatic carbocycles. The maximum atomic E-state index is 14.8. The quantitative estimate of drug-likeness (QED) is 0.539. The zero-order valence-electron chi connectivity index (χ0n) is 11.7. The van der Waals surface area contributed by atoms with E-state index in [4.69, 9.17) is 0 Å². The molecular weight excluding hydrogens is 286 g/mol. The van der Waals surface area contributed by atoms with Crippen LogP contribution in [0.15, 0.2) is 30.3 Å². The molecule has 0 saturated heterocycles. The van der Waals surface area contributed by atoms with Crippen LogP contribution >= 0.6 is 11.3 Å². The Morgan fingerprint density at radius 3 is 2.52 bits per heavy atom. The molecule has 0 N–H and O–H groups in total. The predicted octanol–water partition coefficient (Wildman–Crippen LogP) is 6.07. The minimum atomic E-state index is -0.259. The molecule has 21 heavy (non-hydrogen) atoms. The summed E-state index contributed by atoms with van der Waals surface area (Å²) in [5, 5.41) is 1.66. The fourth-order valence-corrected chi connectivity index (χ4v) is 4.68. The van der Waals surface area contributed by atoms with Crippen molar-refractivity contribution in [3.05, 3.63) is 47.5 Å². The molecule has 0 atom stereocenters. The Labute approximate surface area is 126 Å². The number of rotatable bonds is 2. The Morgan fingerprint density at radius 2 is 1.71 bits per heavy atom. The first-order chi connectivity index (χ1) is 10.2. The van der Waals surface area contributed by atoms with Gasteiger partial charge >= 0.3 is 0 Å². The van der Waals surface area contributed by atoms with Crippen molar-refractivity contribution in [2.45, 2.75) is 32.1 Å². The van der Waals surface area contributed by atoms with Crippen LogP contribution in [-0.2, 0) is 6.42 Å². The number of hydrogen-bond acceptors (Lipinski definition) is 1. The summed E-state index contributed by atoms with van der Waals surface area (Å²) in [5.74, 6) is 0.216. The third-order valence-electron chi connectivity index (χ3n) is 4.62. The van der Waals surface area contributed by atoms with Crippen LogP contribution in [0.25, 0.3) is 20.2 Å². The summed E-state index contributed by atoms with van der Waals surface area (Å²) in [4.78, 5) is 0. The second-order valence-electron chi connectivity index (χ2n) is 5.99. The lowest BCUT2D eigenvalue weighted by molar-refractivity contribution is 0.524. The third-order valence-corrected chi connectivity index (χ3v) is 5.84. The minimum absolute atomic E-state index is 0.139. The van der Waals surface area contributed by atoms with E-state index >= 15 is 0 Å². The molecule has 0 bridgehead atoms. The third kappa shape index (κ3) is 2.15. The van der Waals surface area contributed by atoms with E-state index < -0.39 is 0 Å². The fraction of sp³-hybridized carbons (Fsp3) is 0.333. The van der Waals surface area contributed by atoms with Gasteiger partial charge in [-0.05, 0) is 24.0 Å². The molecular formula is C18H16F2S. The lowest BCUT2D eigenvalue weighted by atomic mass is 9.97. The van der Waals surface area contributed by atoms with Crippen LogP contribution in [0, 0.1) is 17.6 Å². The maximum absolute atomic E-state index is 14.8. The van der Waals surface area contributed by atoms with Crippen molar-refractivity contribution in [3.8, 4) is 0 Å². The highest BCUT2D eigenvalue weighted by molar-refractivity contribution is 7.25. The molecule has 0 aliphatic heterocycles. The van der Waals surface area contributed by atoms with E-state index in [9.17, 15) is 8.78 Å². The van der Waals surface area contributed by atoms with Crippen molar-refractivity contribution in [3.63, 3.8) is 0 Å². The molecule has 108 valence electrons. The molecule has 1 saturated carbocycles. The molecule has 1 aliphatic rings. The molecule has 0 radical (unpaired) electrons. The molecule has 4 rings (SSSR count). The highest BCUT2D eigenvalue weighted by atomic mass is 32.1. The fourth-order valence-electron chi connectivity index (χ4n) is 3.52. The van der Waals surface area contributed by atoms with Gasteiger partial charge in [0, 0.05) is 10.8 Å². The largest absolute Gasteiger partial charge is 0.205 e. The SMILES string of the molecule is Fc1cccc2c1sc1c(F)c(CC3CCCC3)ccc12. The monoisotopic (exact) mass is 302 g/mol. The van der Waals surface area contributed by atoms with E-state index in [1.54, 1.807) is 6.07 Å². The number of benzene rings is 2.